The van der Waals surface area contributed by atoms with Crippen molar-refractivity contribution in [2.75, 3.05) is 51.0 Å². The molecule has 29 heavy (non-hydrogen) atoms. The molecule has 166 valence electrons. The van der Waals surface area contributed by atoms with Crippen LogP contribution in [0.5, 0.6) is 5.75 Å². The van der Waals surface area contributed by atoms with Crippen LogP contribution in [0.25, 0.3) is 0 Å². The Hall–Kier alpha value is -1.20. The molecule has 0 amide bonds. The highest BCUT2D eigenvalue weighted by atomic mass is 32.2. The Morgan fingerprint density at radius 1 is 1.10 bits per heavy atom. The number of rotatable bonds is 11. The molecule has 0 bridgehead atoms. The second-order valence-corrected chi connectivity index (χ2v) is 11.6. The summed E-state index contributed by atoms with van der Waals surface area (Å²) in [5, 5.41) is 0. The first-order valence-electron chi connectivity index (χ1n) is 9.89. The van der Waals surface area contributed by atoms with E-state index < -0.39 is 19.9 Å². The second kappa shape index (κ2) is 10.7. The van der Waals surface area contributed by atoms with Crippen LogP contribution in [0.15, 0.2) is 29.2 Å². The Labute approximate surface area is 174 Å². The van der Waals surface area contributed by atoms with Crippen molar-refractivity contribution in [3.05, 3.63) is 24.3 Å². The smallest absolute Gasteiger partial charge is 0.240 e. The van der Waals surface area contributed by atoms with Crippen molar-refractivity contribution >= 4 is 19.9 Å². The van der Waals surface area contributed by atoms with Crippen molar-refractivity contribution in [3.63, 3.8) is 0 Å². The van der Waals surface area contributed by atoms with Crippen LogP contribution in [-0.4, -0.2) is 78.7 Å². The van der Waals surface area contributed by atoms with Crippen LogP contribution in [0, 0.1) is 5.92 Å². The van der Waals surface area contributed by atoms with E-state index in [0.29, 0.717) is 31.4 Å². The Bertz CT molecular complexity index is 832. The summed E-state index contributed by atoms with van der Waals surface area (Å²) < 4.78 is 61.8. The van der Waals surface area contributed by atoms with Gasteiger partial charge >= 0.3 is 0 Å². The molecule has 0 saturated carbocycles. The third-order valence-corrected chi connectivity index (χ3v) is 8.11. The highest BCUT2D eigenvalue weighted by Gasteiger charge is 2.26. The molecular weight excluding hydrogens is 416 g/mol. The summed E-state index contributed by atoms with van der Waals surface area (Å²) in [7, 11) is -6.75. The molecule has 0 spiro atoms. The van der Waals surface area contributed by atoms with Gasteiger partial charge in [0.2, 0.25) is 10.0 Å². The lowest BCUT2D eigenvalue weighted by Crippen LogP contribution is -2.51. The Kier molecular flexibility index (Phi) is 8.90. The SMILES string of the molecule is CCS(=O)(=O)CCOc1ccc(S(=O)(=O)NCC(C(C)C)N2CCOCC2)cc1. The minimum Gasteiger partial charge on any atom is -0.493 e. The molecule has 1 unspecified atom stereocenters. The van der Waals surface area contributed by atoms with Crippen molar-refractivity contribution in [3.8, 4) is 5.75 Å². The topological polar surface area (TPSA) is 102 Å². The zero-order chi connectivity index (χ0) is 21.5. The number of sulfone groups is 1. The highest BCUT2D eigenvalue weighted by molar-refractivity contribution is 7.91. The van der Waals surface area contributed by atoms with Crippen LogP contribution in [-0.2, 0) is 24.6 Å². The Morgan fingerprint density at radius 3 is 2.28 bits per heavy atom. The standard InChI is InChI=1S/C19H32N2O6S2/c1-4-28(22,23)14-13-27-17-5-7-18(8-6-17)29(24,25)20-15-19(16(2)3)21-9-11-26-12-10-21/h5-8,16,19-20H,4,9-15H2,1-3H3. The monoisotopic (exact) mass is 448 g/mol. The lowest BCUT2D eigenvalue weighted by atomic mass is 10.0. The van der Waals surface area contributed by atoms with Gasteiger partial charge in [0.1, 0.15) is 12.4 Å². The maximum absolute atomic E-state index is 12.7. The third kappa shape index (κ3) is 7.53. The van der Waals surface area contributed by atoms with Gasteiger partial charge in [0.25, 0.3) is 0 Å². The van der Waals surface area contributed by atoms with Crippen molar-refractivity contribution in [1.82, 2.24) is 9.62 Å². The number of nitrogens with zero attached hydrogens (tertiary/aromatic N) is 1. The zero-order valence-corrected chi connectivity index (χ0v) is 19.0. The second-order valence-electron chi connectivity index (χ2n) is 7.37. The molecule has 1 aliphatic heterocycles. The molecule has 0 aromatic heterocycles. The lowest BCUT2D eigenvalue weighted by molar-refractivity contribution is 0.00776. The molecule has 1 aromatic rings. The van der Waals surface area contributed by atoms with Crippen molar-refractivity contribution < 1.29 is 26.3 Å². The van der Waals surface area contributed by atoms with Crippen molar-refractivity contribution in [2.45, 2.75) is 31.7 Å². The van der Waals surface area contributed by atoms with E-state index >= 15 is 0 Å². The molecular formula is C19H32N2O6S2. The maximum Gasteiger partial charge on any atom is 0.240 e. The van der Waals surface area contributed by atoms with E-state index in [1.54, 1.807) is 6.92 Å². The molecule has 1 atom stereocenters. The number of ether oxygens (including phenoxy) is 2. The number of morpholine rings is 1. The molecule has 1 N–H and O–H groups in total. The van der Waals surface area contributed by atoms with Crippen LogP contribution >= 0.6 is 0 Å². The van der Waals surface area contributed by atoms with E-state index in [-0.39, 0.29) is 29.0 Å². The zero-order valence-electron chi connectivity index (χ0n) is 17.3. The molecule has 1 fully saturated rings. The van der Waals surface area contributed by atoms with Gasteiger partial charge in [0.05, 0.1) is 23.9 Å². The minimum atomic E-state index is -3.65. The van der Waals surface area contributed by atoms with Gasteiger partial charge in [-0.2, -0.15) is 0 Å². The summed E-state index contributed by atoms with van der Waals surface area (Å²) in [6.45, 7) is 9.04. The summed E-state index contributed by atoms with van der Waals surface area (Å²) in [4.78, 5) is 2.41. The summed E-state index contributed by atoms with van der Waals surface area (Å²) >= 11 is 0. The van der Waals surface area contributed by atoms with E-state index in [0.717, 1.165) is 13.1 Å². The van der Waals surface area contributed by atoms with Gasteiger partial charge in [-0.1, -0.05) is 20.8 Å². The molecule has 1 aromatic carbocycles. The van der Waals surface area contributed by atoms with Gasteiger partial charge in [-0.05, 0) is 30.2 Å². The minimum absolute atomic E-state index is 0.0378. The summed E-state index contributed by atoms with van der Waals surface area (Å²) in [6.07, 6.45) is 0. The van der Waals surface area contributed by atoms with Crippen LogP contribution < -0.4 is 9.46 Å². The number of sulfonamides is 1. The van der Waals surface area contributed by atoms with Crippen molar-refractivity contribution in [1.29, 1.82) is 0 Å². The van der Waals surface area contributed by atoms with Gasteiger partial charge in [0, 0.05) is 31.4 Å². The average molecular weight is 449 g/mol. The normalized spacial score (nSPS) is 17.4. The van der Waals surface area contributed by atoms with Crippen molar-refractivity contribution in [2.24, 2.45) is 5.92 Å². The fraction of sp³-hybridized carbons (Fsp3) is 0.684. The van der Waals surface area contributed by atoms with Crippen LogP contribution in [0.1, 0.15) is 20.8 Å². The number of nitrogens with one attached hydrogen (secondary N) is 1. The van der Waals surface area contributed by atoms with Crippen LogP contribution in [0.4, 0.5) is 0 Å². The Balaban J connectivity index is 1.94. The summed E-state index contributed by atoms with van der Waals surface area (Å²) in [6, 6.07) is 6.09. The fourth-order valence-electron chi connectivity index (χ4n) is 3.12. The largest absolute Gasteiger partial charge is 0.493 e. The molecule has 1 aliphatic rings. The molecule has 0 radical (unpaired) electrons. The van der Waals surface area contributed by atoms with E-state index in [9.17, 15) is 16.8 Å². The van der Waals surface area contributed by atoms with Crippen LogP contribution in [0.3, 0.4) is 0 Å². The number of benzene rings is 1. The average Bonchev–Trinajstić information content (AvgIpc) is 2.69. The van der Waals surface area contributed by atoms with E-state index in [2.05, 4.69) is 23.5 Å². The predicted molar refractivity (Wildman–Crippen MR) is 112 cm³/mol. The van der Waals surface area contributed by atoms with Gasteiger partial charge < -0.3 is 9.47 Å². The van der Waals surface area contributed by atoms with Gasteiger partial charge in [-0.15, -0.1) is 0 Å². The molecule has 8 nitrogen and oxygen atoms in total. The van der Waals surface area contributed by atoms with Gasteiger partial charge in [-0.3, -0.25) is 4.90 Å². The molecule has 2 rings (SSSR count). The van der Waals surface area contributed by atoms with E-state index in [1.807, 2.05) is 0 Å². The highest BCUT2D eigenvalue weighted by Crippen LogP contribution is 2.17. The molecule has 1 saturated heterocycles. The maximum atomic E-state index is 12.7. The number of hydrogen-bond donors (Lipinski definition) is 1. The molecule has 1 heterocycles. The lowest BCUT2D eigenvalue weighted by Gasteiger charge is -2.36. The third-order valence-electron chi connectivity index (χ3n) is 5.00. The first kappa shape index (κ1) is 24.1. The quantitative estimate of drug-likeness (QED) is 0.541. The van der Waals surface area contributed by atoms with Gasteiger partial charge in [-0.25, -0.2) is 21.6 Å². The summed E-state index contributed by atoms with van der Waals surface area (Å²) in [5.41, 5.74) is 0. The van der Waals surface area contributed by atoms with E-state index in [4.69, 9.17) is 9.47 Å². The first-order chi connectivity index (χ1) is 13.6. The summed E-state index contributed by atoms with van der Waals surface area (Å²) in [5.74, 6) is 0.735. The van der Waals surface area contributed by atoms with Crippen LogP contribution in [0.2, 0.25) is 0 Å². The Morgan fingerprint density at radius 2 is 1.72 bits per heavy atom. The predicted octanol–water partition coefficient (Wildman–Crippen LogP) is 1.14. The molecule has 0 aliphatic carbocycles. The fourth-order valence-corrected chi connectivity index (χ4v) is 4.80. The molecule has 10 heteroatoms. The van der Waals surface area contributed by atoms with Gasteiger partial charge in [0.15, 0.2) is 9.84 Å². The first-order valence-corrected chi connectivity index (χ1v) is 13.2. The van der Waals surface area contributed by atoms with E-state index in [1.165, 1.54) is 24.3 Å². The number of hydrogen-bond acceptors (Lipinski definition) is 7.